The smallest absolute Gasteiger partial charge is 0.260 e. The molecule has 1 aromatic carbocycles. The molecule has 1 N–H and O–H groups in total. The van der Waals surface area contributed by atoms with Crippen LogP contribution in [-0.2, 0) is 11.3 Å². The van der Waals surface area contributed by atoms with Gasteiger partial charge in [0.15, 0.2) is 11.6 Å². The third-order valence-electron chi connectivity index (χ3n) is 5.84. The highest BCUT2D eigenvalue weighted by molar-refractivity contribution is 5.95. The maximum absolute atomic E-state index is 14.2. The van der Waals surface area contributed by atoms with E-state index in [1.165, 1.54) is 15.9 Å². The predicted molar refractivity (Wildman–Crippen MR) is 122 cm³/mol. The topological polar surface area (TPSA) is 76.7 Å². The summed E-state index contributed by atoms with van der Waals surface area (Å²) in [7, 11) is 1.96. The number of nitrogens with zero attached hydrogens (tertiary/aromatic N) is 3. The van der Waals surface area contributed by atoms with Crippen molar-refractivity contribution >= 4 is 17.5 Å². The van der Waals surface area contributed by atoms with Crippen molar-refractivity contribution in [3.05, 3.63) is 63.1 Å². The average molecular weight is 461 g/mol. The van der Waals surface area contributed by atoms with Gasteiger partial charge in [0.25, 0.3) is 11.5 Å². The largest absolute Gasteiger partial charge is 0.334 e. The van der Waals surface area contributed by atoms with Crippen LogP contribution in [0.3, 0.4) is 0 Å². The summed E-state index contributed by atoms with van der Waals surface area (Å²) in [4.78, 5) is 46.1. The molecule has 2 heterocycles. The number of pyridine rings is 1. The molecule has 7 nitrogen and oxygen atoms in total. The molecule has 2 aromatic rings. The van der Waals surface area contributed by atoms with Crippen LogP contribution in [0, 0.1) is 18.6 Å². The van der Waals surface area contributed by atoms with Gasteiger partial charge in [0.2, 0.25) is 5.91 Å². The van der Waals surface area contributed by atoms with Gasteiger partial charge in [0, 0.05) is 37.8 Å². The van der Waals surface area contributed by atoms with E-state index in [2.05, 4.69) is 9.88 Å². The van der Waals surface area contributed by atoms with Crippen molar-refractivity contribution in [2.24, 2.45) is 0 Å². The Morgan fingerprint density at radius 2 is 1.70 bits per heavy atom. The number of H-pyrrole nitrogens is 1. The molecule has 0 atom stereocenters. The molecule has 0 saturated heterocycles. The van der Waals surface area contributed by atoms with Crippen LogP contribution in [0.5, 0.6) is 0 Å². The van der Waals surface area contributed by atoms with Gasteiger partial charge in [-0.25, -0.2) is 8.78 Å². The van der Waals surface area contributed by atoms with E-state index in [-0.39, 0.29) is 30.1 Å². The molecule has 0 aliphatic carbocycles. The van der Waals surface area contributed by atoms with Crippen LogP contribution < -0.4 is 10.5 Å². The average Bonchev–Trinajstić information content (AvgIpc) is 2.77. The maximum atomic E-state index is 14.2. The van der Waals surface area contributed by atoms with Crippen LogP contribution in [0.15, 0.2) is 29.1 Å². The summed E-state index contributed by atoms with van der Waals surface area (Å²) in [6.07, 6.45) is 1.51. The second-order valence-electron chi connectivity index (χ2n) is 8.42. The Morgan fingerprint density at radius 3 is 2.36 bits per heavy atom. The summed E-state index contributed by atoms with van der Waals surface area (Å²) >= 11 is 0. The summed E-state index contributed by atoms with van der Waals surface area (Å²) in [6, 6.07) is 5.18. The molecule has 1 aliphatic heterocycles. The number of aromatic nitrogens is 1. The normalized spacial score (nSPS) is 16.0. The Kier molecular flexibility index (Phi) is 7.97. The van der Waals surface area contributed by atoms with Gasteiger partial charge in [0.1, 0.15) is 5.56 Å². The lowest BCUT2D eigenvalue weighted by atomic mass is 10.1. The van der Waals surface area contributed by atoms with E-state index >= 15 is 0 Å². The molecule has 1 aromatic heterocycles. The summed E-state index contributed by atoms with van der Waals surface area (Å²) in [5.74, 6) is -2.82. The van der Waals surface area contributed by atoms with E-state index in [1.807, 2.05) is 7.05 Å². The van der Waals surface area contributed by atoms with Crippen molar-refractivity contribution in [3.8, 4) is 0 Å². The zero-order chi connectivity index (χ0) is 24.1. The zero-order valence-electron chi connectivity index (χ0n) is 19.3. The fourth-order valence-electron chi connectivity index (χ4n) is 4.04. The maximum Gasteiger partial charge on any atom is 0.260 e. The Hall–Kier alpha value is -3.07. The Bertz CT molecular complexity index is 1090. The van der Waals surface area contributed by atoms with Crippen LogP contribution in [0.4, 0.5) is 14.5 Å². The number of rotatable bonds is 2. The molecule has 0 fully saturated rings. The van der Waals surface area contributed by atoms with Crippen molar-refractivity contribution in [2.75, 3.05) is 38.1 Å². The molecule has 3 rings (SSSR count). The van der Waals surface area contributed by atoms with Gasteiger partial charge in [-0.15, -0.1) is 0 Å². The first-order valence-electron chi connectivity index (χ1n) is 11.2. The number of hydrogen-bond donors (Lipinski definition) is 1. The lowest BCUT2D eigenvalue weighted by molar-refractivity contribution is -0.118. The Labute approximate surface area is 192 Å². The molecule has 0 bridgehead atoms. The van der Waals surface area contributed by atoms with Crippen LogP contribution in [0.25, 0.3) is 0 Å². The van der Waals surface area contributed by atoms with Crippen LogP contribution in [0.1, 0.15) is 47.8 Å². The molecular weight excluding hydrogens is 430 g/mol. The van der Waals surface area contributed by atoms with E-state index in [4.69, 9.17) is 0 Å². The van der Waals surface area contributed by atoms with Gasteiger partial charge in [-0.1, -0.05) is 6.92 Å². The van der Waals surface area contributed by atoms with Crippen LogP contribution in [-0.4, -0.2) is 59.8 Å². The van der Waals surface area contributed by atoms with E-state index in [9.17, 15) is 23.2 Å². The second-order valence-corrected chi connectivity index (χ2v) is 8.42. The first-order chi connectivity index (χ1) is 15.7. The van der Waals surface area contributed by atoms with Gasteiger partial charge in [-0.2, -0.15) is 0 Å². The van der Waals surface area contributed by atoms with Gasteiger partial charge >= 0.3 is 0 Å². The number of nitrogens with one attached hydrogen (secondary N) is 1. The molecular formula is C24H30F2N4O3. The van der Waals surface area contributed by atoms with E-state index < -0.39 is 23.1 Å². The highest BCUT2D eigenvalue weighted by Crippen LogP contribution is 2.27. The summed E-state index contributed by atoms with van der Waals surface area (Å²) in [5.41, 5.74) is 0.674. The lowest BCUT2D eigenvalue weighted by Gasteiger charge is -2.30. The number of aromatic amines is 1. The SMILES string of the molecule is CCC(=O)N1CCCN(C)CCCN(C(=O)c2ccc(C)[nH]c2=O)Cc2cc(F)c(F)cc21. The molecule has 9 heteroatoms. The molecule has 0 radical (unpaired) electrons. The van der Waals surface area contributed by atoms with Crippen molar-refractivity contribution in [1.29, 1.82) is 0 Å². The summed E-state index contributed by atoms with van der Waals surface area (Å²) in [6.45, 7) is 5.45. The minimum atomic E-state index is -1.06. The number of amides is 2. The number of hydrogen-bond acceptors (Lipinski definition) is 4. The van der Waals surface area contributed by atoms with Gasteiger partial charge < -0.3 is 19.7 Å². The Morgan fingerprint density at radius 1 is 1.03 bits per heavy atom. The molecule has 0 saturated carbocycles. The number of halogens is 2. The molecule has 1 aliphatic rings. The monoisotopic (exact) mass is 460 g/mol. The van der Waals surface area contributed by atoms with E-state index in [0.29, 0.717) is 50.3 Å². The minimum Gasteiger partial charge on any atom is -0.334 e. The minimum absolute atomic E-state index is 0.0216. The quantitative estimate of drug-likeness (QED) is 0.747. The van der Waals surface area contributed by atoms with Gasteiger partial charge in [-0.3, -0.25) is 14.4 Å². The summed E-state index contributed by atoms with van der Waals surface area (Å²) in [5, 5.41) is 0. The molecule has 33 heavy (non-hydrogen) atoms. The number of fused-ring (bicyclic) bond motifs is 1. The zero-order valence-corrected chi connectivity index (χ0v) is 19.3. The fourth-order valence-corrected chi connectivity index (χ4v) is 4.04. The first kappa shape index (κ1) is 24.6. The van der Waals surface area contributed by atoms with Gasteiger partial charge in [-0.05, 0) is 63.7 Å². The standard InChI is InChI=1S/C24H30F2N4O3/c1-4-22(31)30-12-6-10-28(3)9-5-11-29(15-17-13-19(25)20(26)14-21(17)30)24(33)18-8-7-16(2)27-23(18)32/h7-8,13-14H,4-6,9-12,15H2,1-3H3,(H,27,32). The molecule has 0 unspecified atom stereocenters. The van der Waals surface area contributed by atoms with Crippen LogP contribution in [0.2, 0.25) is 0 Å². The van der Waals surface area contributed by atoms with Crippen LogP contribution >= 0.6 is 0 Å². The molecule has 178 valence electrons. The molecule has 0 spiro atoms. The van der Waals surface area contributed by atoms with E-state index in [1.54, 1.807) is 19.9 Å². The number of benzene rings is 1. The highest BCUT2D eigenvalue weighted by atomic mass is 19.2. The molecule has 2 amide bonds. The lowest BCUT2D eigenvalue weighted by Crippen LogP contribution is -2.39. The summed E-state index contributed by atoms with van der Waals surface area (Å²) < 4.78 is 28.5. The number of anilines is 1. The number of carbonyl (C=O) groups excluding carboxylic acids is 2. The second kappa shape index (κ2) is 10.7. The van der Waals surface area contributed by atoms with E-state index in [0.717, 1.165) is 12.1 Å². The van der Waals surface area contributed by atoms with Crippen molar-refractivity contribution in [2.45, 2.75) is 39.7 Å². The van der Waals surface area contributed by atoms with Gasteiger partial charge in [0.05, 0.1) is 5.69 Å². The number of carbonyl (C=O) groups is 2. The fraction of sp³-hybridized carbons (Fsp3) is 0.458. The van der Waals surface area contributed by atoms with Crippen molar-refractivity contribution < 1.29 is 18.4 Å². The third kappa shape index (κ3) is 5.84. The van der Waals surface area contributed by atoms with Crippen molar-refractivity contribution in [3.63, 3.8) is 0 Å². The first-order valence-corrected chi connectivity index (χ1v) is 11.2. The number of aryl methyl sites for hydroxylation is 1. The van der Waals surface area contributed by atoms with Crippen molar-refractivity contribution in [1.82, 2.24) is 14.8 Å². The Balaban J connectivity index is 2.08. The highest BCUT2D eigenvalue weighted by Gasteiger charge is 2.25. The predicted octanol–water partition coefficient (Wildman–Crippen LogP) is 3.07. The third-order valence-corrected chi connectivity index (χ3v) is 5.84.